The number of benzene rings is 1. The van der Waals surface area contributed by atoms with Crippen molar-refractivity contribution < 1.29 is 13.5 Å². The first-order valence-corrected chi connectivity index (χ1v) is 7.41. The lowest BCUT2D eigenvalue weighted by Gasteiger charge is -2.48. The molecule has 110 valence electrons. The van der Waals surface area contributed by atoms with Gasteiger partial charge in [-0.05, 0) is 56.1 Å². The molecule has 4 heteroatoms. The summed E-state index contributed by atoms with van der Waals surface area (Å²) in [5.74, 6) is -0.668. The lowest BCUT2D eigenvalue weighted by Crippen LogP contribution is -2.49. The zero-order chi connectivity index (χ0) is 14.2. The molecule has 1 spiro atoms. The molecule has 2 unspecified atom stereocenters. The average molecular weight is 281 g/mol. The molecule has 1 aliphatic carbocycles. The van der Waals surface area contributed by atoms with Gasteiger partial charge < -0.3 is 10.5 Å². The summed E-state index contributed by atoms with van der Waals surface area (Å²) in [6.07, 6.45) is 5.87. The molecule has 0 amide bonds. The van der Waals surface area contributed by atoms with E-state index in [1.165, 1.54) is 18.6 Å². The van der Waals surface area contributed by atoms with Gasteiger partial charge in [0, 0.05) is 18.7 Å². The zero-order valence-electron chi connectivity index (χ0n) is 11.6. The summed E-state index contributed by atoms with van der Waals surface area (Å²) in [7, 11) is 0. The van der Waals surface area contributed by atoms with Crippen LogP contribution in [0.15, 0.2) is 18.2 Å². The van der Waals surface area contributed by atoms with Crippen molar-refractivity contribution in [2.24, 2.45) is 11.7 Å². The number of ether oxygens (including phenoxy) is 1. The van der Waals surface area contributed by atoms with Crippen LogP contribution in [0, 0.1) is 17.6 Å². The molecule has 2 fully saturated rings. The number of nitrogens with two attached hydrogens (primary N) is 1. The highest BCUT2D eigenvalue weighted by atomic mass is 19.1. The van der Waals surface area contributed by atoms with Crippen LogP contribution in [0.25, 0.3) is 0 Å². The van der Waals surface area contributed by atoms with E-state index in [1.54, 1.807) is 0 Å². The Balaban J connectivity index is 1.65. The summed E-state index contributed by atoms with van der Waals surface area (Å²) in [6.45, 7) is 0.754. The minimum atomic E-state index is -0.542. The predicted molar refractivity (Wildman–Crippen MR) is 73.3 cm³/mol. The quantitative estimate of drug-likeness (QED) is 0.923. The number of halogens is 2. The molecule has 0 bridgehead atoms. The van der Waals surface area contributed by atoms with E-state index in [4.69, 9.17) is 10.5 Å². The van der Waals surface area contributed by atoms with E-state index in [0.29, 0.717) is 17.9 Å². The molecule has 2 aliphatic rings. The van der Waals surface area contributed by atoms with Gasteiger partial charge in [0.05, 0.1) is 5.60 Å². The molecular weight excluding hydrogens is 260 g/mol. The first kappa shape index (κ1) is 14.0. The molecule has 1 aromatic rings. The van der Waals surface area contributed by atoms with Crippen LogP contribution < -0.4 is 5.73 Å². The van der Waals surface area contributed by atoms with Gasteiger partial charge in [0.25, 0.3) is 0 Å². The molecule has 1 heterocycles. The summed E-state index contributed by atoms with van der Waals surface area (Å²) in [6, 6.07) is 3.64. The molecule has 1 aromatic carbocycles. The lowest BCUT2D eigenvalue weighted by atomic mass is 9.70. The van der Waals surface area contributed by atoms with Gasteiger partial charge in [0.2, 0.25) is 0 Å². The van der Waals surface area contributed by atoms with E-state index in [9.17, 15) is 8.78 Å². The molecule has 20 heavy (non-hydrogen) atoms. The third-order valence-corrected chi connectivity index (χ3v) is 4.87. The van der Waals surface area contributed by atoms with Gasteiger partial charge in [-0.1, -0.05) is 6.07 Å². The Morgan fingerprint density at radius 2 is 2.15 bits per heavy atom. The van der Waals surface area contributed by atoms with Gasteiger partial charge >= 0.3 is 0 Å². The Labute approximate surface area is 118 Å². The molecule has 0 radical (unpaired) electrons. The predicted octanol–water partition coefficient (Wildman–Crippen LogP) is 3.18. The second-order valence-corrected chi connectivity index (χ2v) is 6.24. The van der Waals surface area contributed by atoms with Crippen LogP contribution in [0.2, 0.25) is 0 Å². The van der Waals surface area contributed by atoms with Crippen molar-refractivity contribution in [3.05, 3.63) is 35.4 Å². The number of hydrogen-bond donors (Lipinski definition) is 1. The van der Waals surface area contributed by atoms with Gasteiger partial charge in [0.1, 0.15) is 11.6 Å². The highest BCUT2D eigenvalue weighted by molar-refractivity contribution is 5.20. The van der Waals surface area contributed by atoms with Gasteiger partial charge in [-0.15, -0.1) is 0 Å². The van der Waals surface area contributed by atoms with Crippen molar-refractivity contribution in [1.29, 1.82) is 0 Å². The Morgan fingerprint density at radius 1 is 1.35 bits per heavy atom. The molecule has 2 atom stereocenters. The van der Waals surface area contributed by atoms with Crippen molar-refractivity contribution in [3.8, 4) is 0 Å². The van der Waals surface area contributed by atoms with Crippen molar-refractivity contribution in [2.45, 2.75) is 50.2 Å². The van der Waals surface area contributed by atoms with E-state index in [-0.39, 0.29) is 11.6 Å². The standard InChI is InChI=1S/C16H21F2NO/c17-13-3-2-11(14(18)9-13)8-15(19)12-4-7-20-16(10-12)5-1-6-16/h2-3,9,12,15H,1,4-8,10,19H2. The van der Waals surface area contributed by atoms with Gasteiger partial charge in [-0.25, -0.2) is 8.78 Å². The van der Waals surface area contributed by atoms with Crippen LogP contribution in [0.4, 0.5) is 8.78 Å². The van der Waals surface area contributed by atoms with Gasteiger partial charge in [-0.2, -0.15) is 0 Å². The maximum Gasteiger partial charge on any atom is 0.129 e. The molecular formula is C16H21F2NO. The number of rotatable bonds is 3. The topological polar surface area (TPSA) is 35.2 Å². The summed E-state index contributed by atoms with van der Waals surface area (Å²) in [5, 5.41) is 0. The Hall–Kier alpha value is -1.00. The van der Waals surface area contributed by atoms with Gasteiger partial charge in [0.15, 0.2) is 0 Å². The van der Waals surface area contributed by atoms with Crippen LogP contribution in [0.1, 0.15) is 37.7 Å². The Bertz CT molecular complexity index is 487. The van der Waals surface area contributed by atoms with Crippen molar-refractivity contribution in [2.75, 3.05) is 6.61 Å². The minimum Gasteiger partial charge on any atom is -0.375 e. The first-order valence-electron chi connectivity index (χ1n) is 7.41. The van der Waals surface area contributed by atoms with Crippen LogP contribution >= 0.6 is 0 Å². The summed E-state index contributed by atoms with van der Waals surface area (Å²) in [5.41, 5.74) is 6.84. The van der Waals surface area contributed by atoms with Crippen molar-refractivity contribution in [3.63, 3.8) is 0 Å². The average Bonchev–Trinajstić information content (AvgIpc) is 2.40. The monoisotopic (exact) mass is 281 g/mol. The highest BCUT2D eigenvalue weighted by Gasteiger charge is 2.43. The number of hydrogen-bond acceptors (Lipinski definition) is 2. The Kier molecular flexibility index (Phi) is 3.78. The summed E-state index contributed by atoms with van der Waals surface area (Å²) < 4.78 is 32.5. The molecule has 3 rings (SSSR count). The molecule has 0 aromatic heterocycles. The maximum absolute atomic E-state index is 13.7. The minimum absolute atomic E-state index is 0.0574. The third kappa shape index (κ3) is 2.72. The highest BCUT2D eigenvalue weighted by Crippen LogP contribution is 2.45. The first-order chi connectivity index (χ1) is 9.58. The Morgan fingerprint density at radius 3 is 2.80 bits per heavy atom. The fourth-order valence-corrected chi connectivity index (χ4v) is 3.46. The second kappa shape index (κ2) is 5.41. The third-order valence-electron chi connectivity index (χ3n) is 4.87. The summed E-state index contributed by atoms with van der Waals surface area (Å²) in [4.78, 5) is 0. The second-order valence-electron chi connectivity index (χ2n) is 6.24. The molecule has 1 saturated heterocycles. The molecule has 1 aliphatic heterocycles. The van der Waals surface area contributed by atoms with Gasteiger partial charge in [-0.3, -0.25) is 0 Å². The maximum atomic E-state index is 13.7. The van der Waals surface area contributed by atoms with E-state index in [0.717, 1.165) is 38.4 Å². The lowest BCUT2D eigenvalue weighted by molar-refractivity contribution is -0.145. The molecule has 2 nitrogen and oxygen atoms in total. The summed E-state index contributed by atoms with van der Waals surface area (Å²) >= 11 is 0. The molecule has 1 saturated carbocycles. The smallest absolute Gasteiger partial charge is 0.129 e. The normalized spacial score (nSPS) is 26.2. The van der Waals surface area contributed by atoms with Crippen molar-refractivity contribution >= 4 is 0 Å². The van der Waals surface area contributed by atoms with Crippen LogP contribution in [-0.2, 0) is 11.2 Å². The fraction of sp³-hybridized carbons (Fsp3) is 0.625. The van der Waals surface area contributed by atoms with Crippen molar-refractivity contribution in [1.82, 2.24) is 0 Å². The fourth-order valence-electron chi connectivity index (χ4n) is 3.46. The zero-order valence-corrected chi connectivity index (χ0v) is 11.6. The SMILES string of the molecule is NC(Cc1ccc(F)cc1F)C1CCOC2(CCC2)C1. The largest absolute Gasteiger partial charge is 0.375 e. The van der Waals surface area contributed by atoms with Crippen LogP contribution in [0.5, 0.6) is 0 Å². The van der Waals surface area contributed by atoms with E-state index < -0.39 is 11.6 Å². The van der Waals surface area contributed by atoms with E-state index in [2.05, 4.69) is 0 Å². The van der Waals surface area contributed by atoms with Crippen LogP contribution in [-0.4, -0.2) is 18.2 Å². The van der Waals surface area contributed by atoms with Crippen LogP contribution in [0.3, 0.4) is 0 Å². The van der Waals surface area contributed by atoms with E-state index in [1.807, 2.05) is 0 Å². The van der Waals surface area contributed by atoms with E-state index >= 15 is 0 Å². The molecule has 2 N–H and O–H groups in total.